The van der Waals surface area contributed by atoms with E-state index in [9.17, 15) is 9.59 Å². The number of aliphatic carboxylic acids is 1. The van der Waals surface area contributed by atoms with E-state index in [0.717, 1.165) is 25.9 Å². The van der Waals surface area contributed by atoms with Crippen LogP contribution in [-0.4, -0.2) is 35.0 Å². The summed E-state index contributed by atoms with van der Waals surface area (Å²) >= 11 is 0. The minimum atomic E-state index is -0.810. The molecular weight excluding hydrogens is 362 g/mol. The van der Waals surface area contributed by atoms with Crippen LogP contribution in [0, 0.1) is 0 Å². The molecule has 0 bridgehead atoms. The van der Waals surface area contributed by atoms with E-state index in [-0.39, 0.29) is 12.3 Å². The molecule has 1 amide bonds. The summed E-state index contributed by atoms with van der Waals surface area (Å²) in [5, 5.41) is 8.80. The zero-order valence-electron chi connectivity index (χ0n) is 19.6. The van der Waals surface area contributed by atoms with Gasteiger partial charge in [0, 0.05) is 25.9 Å². The number of hydrogen-bond donors (Lipinski definition) is 1. The molecule has 4 nitrogen and oxygen atoms in total. The Morgan fingerprint density at radius 2 is 0.931 bits per heavy atom. The number of nitrogens with zero attached hydrogens (tertiary/aromatic N) is 1. The Bertz CT molecular complexity index is 364. The van der Waals surface area contributed by atoms with E-state index < -0.39 is 5.97 Å². The van der Waals surface area contributed by atoms with Gasteiger partial charge in [0.15, 0.2) is 0 Å². The van der Waals surface area contributed by atoms with Crippen LogP contribution in [0.1, 0.15) is 136 Å². The molecule has 0 saturated carbocycles. The molecule has 0 fully saturated rings. The molecule has 0 aliphatic heterocycles. The Hall–Kier alpha value is -1.06. The van der Waals surface area contributed by atoms with Gasteiger partial charge in [0.05, 0.1) is 0 Å². The van der Waals surface area contributed by atoms with Crippen molar-refractivity contribution in [2.75, 3.05) is 13.1 Å². The first kappa shape index (κ1) is 27.9. The van der Waals surface area contributed by atoms with Crippen molar-refractivity contribution in [3.63, 3.8) is 0 Å². The lowest BCUT2D eigenvalue weighted by atomic mass is 10.1. The average Bonchev–Trinajstić information content (AvgIpc) is 2.69. The second kappa shape index (κ2) is 21.6. The van der Waals surface area contributed by atoms with E-state index in [2.05, 4.69) is 13.8 Å². The van der Waals surface area contributed by atoms with Gasteiger partial charge in [-0.15, -0.1) is 0 Å². The number of hydrogen-bond acceptors (Lipinski definition) is 2. The summed E-state index contributed by atoms with van der Waals surface area (Å²) in [7, 11) is 0. The molecular formula is C25H49NO3. The van der Waals surface area contributed by atoms with E-state index in [0.29, 0.717) is 12.8 Å². The van der Waals surface area contributed by atoms with Crippen molar-refractivity contribution in [2.24, 2.45) is 0 Å². The van der Waals surface area contributed by atoms with Crippen LogP contribution in [0.2, 0.25) is 0 Å². The summed E-state index contributed by atoms with van der Waals surface area (Å²) in [6.07, 6.45) is 21.3. The van der Waals surface area contributed by atoms with E-state index in [1.54, 1.807) is 0 Å². The third kappa shape index (κ3) is 20.0. The summed E-state index contributed by atoms with van der Waals surface area (Å²) in [6, 6.07) is 0. The number of amides is 1. The second-order valence-electron chi connectivity index (χ2n) is 8.58. The molecule has 0 aromatic heterocycles. The number of carboxylic acid groups (broad SMARTS) is 1. The van der Waals surface area contributed by atoms with Crippen molar-refractivity contribution in [1.29, 1.82) is 0 Å². The first-order valence-corrected chi connectivity index (χ1v) is 12.6. The fraction of sp³-hybridized carbons (Fsp3) is 0.920. The Kier molecular flexibility index (Phi) is 20.9. The number of unbranched alkanes of at least 4 members (excludes halogenated alkanes) is 14. The maximum absolute atomic E-state index is 12.5. The highest BCUT2D eigenvalue weighted by Crippen LogP contribution is 2.12. The number of carbonyl (C=O) groups excluding carboxylic acids is 1. The Labute approximate surface area is 180 Å². The molecule has 0 heterocycles. The van der Waals surface area contributed by atoms with Gasteiger partial charge in [-0.1, -0.05) is 104 Å². The van der Waals surface area contributed by atoms with Crippen molar-refractivity contribution in [3.8, 4) is 0 Å². The minimum absolute atomic E-state index is 0.0924. The molecule has 0 unspecified atom stereocenters. The largest absolute Gasteiger partial charge is 0.481 e. The van der Waals surface area contributed by atoms with Crippen molar-refractivity contribution in [1.82, 2.24) is 4.90 Å². The maximum atomic E-state index is 12.5. The van der Waals surface area contributed by atoms with E-state index in [4.69, 9.17) is 5.11 Å². The zero-order chi connectivity index (χ0) is 21.6. The molecule has 0 saturated heterocycles. The van der Waals surface area contributed by atoms with Crippen molar-refractivity contribution in [3.05, 3.63) is 0 Å². The summed E-state index contributed by atoms with van der Waals surface area (Å²) in [6.45, 7) is 6.18. The van der Waals surface area contributed by atoms with Gasteiger partial charge in [0.2, 0.25) is 5.91 Å². The molecule has 29 heavy (non-hydrogen) atoms. The Morgan fingerprint density at radius 1 is 0.552 bits per heavy atom. The minimum Gasteiger partial charge on any atom is -0.481 e. The van der Waals surface area contributed by atoms with Gasteiger partial charge in [-0.05, 0) is 19.3 Å². The first-order chi connectivity index (χ1) is 14.1. The lowest BCUT2D eigenvalue weighted by Gasteiger charge is -2.23. The van der Waals surface area contributed by atoms with E-state index in [1.807, 2.05) is 4.90 Å². The highest BCUT2D eigenvalue weighted by atomic mass is 16.4. The standard InChI is InChI=1S/C25H49NO3/c1-3-5-7-9-11-13-15-17-22-26(24(27)20-19-21-25(28)29)23-18-16-14-12-10-8-6-4-2/h3-23H2,1-2H3,(H,28,29). The molecule has 0 spiro atoms. The number of rotatable bonds is 22. The van der Waals surface area contributed by atoms with Gasteiger partial charge < -0.3 is 10.0 Å². The van der Waals surface area contributed by atoms with Crippen molar-refractivity contribution in [2.45, 2.75) is 136 Å². The van der Waals surface area contributed by atoms with Crippen molar-refractivity contribution >= 4 is 11.9 Å². The normalized spacial score (nSPS) is 11.0. The predicted octanol–water partition coefficient (Wildman–Crippen LogP) is 7.35. The molecule has 0 aromatic carbocycles. The van der Waals surface area contributed by atoms with Crippen LogP contribution in [0.4, 0.5) is 0 Å². The second-order valence-corrected chi connectivity index (χ2v) is 8.58. The molecule has 0 rings (SSSR count). The van der Waals surface area contributed by atoms with Crippen LogP contribution >= 0.6 is 0 Å². The fourth-order valence-electron chi connectivity index (χ4n) is 3.78. The lowest BCUT2D eigenvalue weighted by Crippen LogP contribution is -2.33. The van der Waals surface area contributed by atoms with Gasteiger partial charge in [-0.3, -0.25) is 9.59 Å². The van der Waals surface area contributed by atoms with Crippen LogP contribution in [0.3, 0.4) is 0 Å². The van der Waals surface area contributed by atoms with Crippen molar-refractivity contribution < 1.29 is 14.7 Å². The topological polar surface area (TPSA) is 57.6 Å². The van der Waals surface area contributed by atoms with Gasteiger partial charge in [0.1, 0.15) is 0 Å². The number of carboxylic acids is 1. The molecule has 0 aromatic rings. The molecule has 4 heteroatoms. The molecule has 172 valence electrons. The summed E-state index contributed by atoms with van der Waals surface area (Å²) in [5.41, 5.74) is 0. The molecule has 0 aliphatic rings. The summed E-state index contributed by atoms with van der Waals surface area (Å²) in [5.74, 6) is -0.660. The van der Waals surface area contributed by atoms with Gasteiger partial charge in [-0.2, -0.15) is 0 Å². The predicted molar refractivity (Wildman–Crippen MR) is 123 cm³/mol. The number of carbonyl (C=O) groups is 2. The quantitative estimate of drug-likeness (QED) is 0.189. The van der Waals surface area contributed by atoms with Crippen LogP contribution in [-0.2, 0) is 9.59 Å². The Morgan fingerprint density at radius 3 is 1.31 bits per heavy atom. The fourth-order valence-corrected chi connectivity index (χ4v) is 3.78. The zero-order valence-corrected chi connectivity index (χ0v) is 19.6. The van der Waals surface area contributed by atoms with E-state index >= 15 is 0 Å². The average molecular weight is 412 g/mol. The van der Waals surface area contributed by atoms with Gasteiger partial charge in [-0.25, -0.2) is 0 Å². The monoisotopic (exact) mass is 411 g/mol. The van der Waals surface area contributed by atoms with Crippen LogP contribution in [0.15, 0.2) is 0 Å². The van der Waals surface area contributed by atoms with E-state index in [1.165, 1.54) is 89.9 Å². The molecule has 1 N–H and O–H groups in total. The first-order valence-electron chi connectivity index (χ1n) is 12.6. The van der Waals surface area contributed by atoms with Gasteiger partial charge in [0.25, 0.3) is 0 Å². The molecule has 0 aliphatic carbocycles. The molecule has 0 atom stereocenters. The SMILES string of the molecule is CCCCCCCCCCN(CCCCCCCCCC)C(=O)CCCC(=O)O. The highest BCUT2D eigenvalue weighted by molar-refractivity contribution is 5.77. The summed E-state index contributed by atoms with van der Waals surface area (Å²) < 4.78 is 0. The lowest BCUT2D eigenvalue weighted by molar-refractivity contribution is -0.137. The molecule has 0 radical (unpaired) electrons. The summed E-state index contributed by atoms with van der Waals surface area (Å²) in [4.78, 5) is 25.2. The third-order valence-electron chi connectivity index (χ3n) is 5.70. The smallest absolute Gasteiger partial charge is 0.303 e. The maximum Gasteiger partial charge on any atom is 0.303 e. The van der Waals surface area contributed by atoms with Crippen LogP contribution in [0.25, 0.3) is 0 Å². The van der Waals surface area contributed by atoms with Gasteiger partial charge >= 0.3 is 5.97 Å². The highest BCUT2D eigenvalue weighted by Gasteiger charge is 2.13. The van der Waals surface area contributed by atoms with Crippen LogP contribution in [0.5, 0.6) is 0 Å². The third-order valence-corrected chi connectivity index (χ3v) is 5.70. The van der Waals surface area contributed by atoms with Crippen LogP contribution < -0.4 is 0 Å². The Balaban J connectivity index is 4.02.